The van der Waals surface area contributed by atoms with Crippen LogP contribution in [0.3, 0.4) is 0 Å². The van der Waals surface area contributed by atoms with Crippen LogP contribution in [0.2, 0.25) is 10.0 Å². The Morgan fingerprint density at radius 2 is 1.68 bits per heavy atom. The summed E-state index contributed by atoms with van der Waals surface area (Å²) in [5.74, 6) is -1.35. The molecular weight excluding hydrogens is 441 g/mol. The van der Waals surface area contributed by atoms with Crippen molar-refractivity contribution in [2.75, 3.05) is 6.54 Å². The SMILES string of the molecule is CC12CC3CC(NC(=O)NC[C@H](NC(=O)c4c(Cl)cccc4Cl)C(=O)O)(C1)CC2(C)C3. The molecule has 1 aromatic rings. The molecule has 0 aromatic heterocycles. The smallest absolute Gasteiger partial charge is 0.328 e. The number of carboxylic acids is 1. The van der Waals surface area contributed by atoms with Gasteiger partial charge in [-0.1, -0.05) is 43.1 Å². The summed E-state index contributed by atoms with van der Waals surface area (Å²) in [6.07, 6.45) is 5.29. The van der Waals surface area contributed by atoms with Gasteiger partial charge in [-0.3, -0.25) is 4.79 Å². The van der Waals surface area contributed by atoms with Crippen molar-refractivity contribution in [3.63, 3.8) is 0 Å². The second-order valence-corrected chi connectivity index (χ2v) is 10.8. The number of aliphatic carboxylic acids is 1. The van der Waals surface area contributed by atoms with Crippen molar-refractivity contribution < 1.29 is 19.5 Å². The van der Waals surface area contributed by atoms with Crippen LogP contribution in [0.1, 0.15) is 56.3 Å². The first kappa shape index (κ1) is 22.2. The number of urea groups is 1. The lowest BCUT2D eigenvalue weighted by Gasteiger charge is -2.41. The molecule has 0 spiro atoms. The van der Waals surface area contributed by atoms with Crippen LogP contribution in [0.5, 0.6) is 0 Å². The van der Waals surface area contributed by atoms with Gasteiger partial charge in [-0.2, -0.15) is 0 Å². The summed E-state index contributed by atoms with van der Waals surface area (Å²) in [4.78, 5) is 36.8. The maximum atomic E-state index is 12.6. The van der Waals surface area contributed by atoms with Crippen LogP contribution in [0, 0.1) is 16.7 Å². The first-order valence-corrected chi connectivity index (χ1v) is 11.3. The fourth-order valence-electron chi connectivity index (χ4n) is 6.57. The molecule has 31 heavy (non-hydrogen) atoms. The largest absolute Gasteiger partial charge is 0.480 e. The van der Waals surface area contributed by atoms with Crippen LogP contribution in [-0.2, 0) is 4.79 Å². The van der Waals surface area contributed by atoms with E-state index in [1.54, 1.807) is 6.07 Å². The van der Waals surface area contributed by atoms with Gasteiger partial charge in [0.2, 0.25) is 0 Å². The highest BCUT2D eigenvalue weighted by molar-refractivity contribution is 6.39. The monoisotopic (exact) mass is 467 g/mol. The van der Waals surface area contributed by atoms with E-state index in [1.807, 2.05) is 0 Å². The Labute approximate surface area is 191 Å². The maximum absolute atomic E-state index is 12.6. The number of nitrogens with one attached hydrogen (secondary N) is 3. The van der Waals surface area contributed by atoms with Crippen LogP contribution in [0.25, 0.3) is 0 Å². The van der Waals surface area contributed by atoms with E-state index in [-0.39, 0.29) is 38.5 Å². The Kier molecular flexibility index (Phi) is 5.41. The highest BCUT2D eigenvalue weighted by Gasteiger charge is 2.68. The van der Waals surface area contributed by atoms with Gasteiger partial charge in [-0.25, -0.2) is 9.59 Å². The van der Waals surface area contributed by atoms with Gasteiger partial charge in [-0.15, -0.1) is 0 Å². The Morgan fingerprint density at radius 3 is 2.19 bits per heavy atom. The zero-order valence-electron chi connectivity index (χ0n) is 17.6. The fourth-order valence-corrected chi connectivity index (χ4v) is 7.14. The second-order valence-electron chi connectivity index (χ2n) is 10.0. The van der Waals surface area contributed by atoms with Crippen LogP contribution < -0.4 is 16.0 Å². The fraction of sp³-hybridized carbons (Fsp3) is 0.591. The van der Waals surface area contributed by atoms with E-state index in [4.69, 9.17) is 23.2 Å². The third kappa shape index (κ3) is 3.87. The number of benzene rings is 1. The summed E-state index contributed by atoms with van der Waals surface area (Å²) in [5.41, 5.74) is 0.256. The predicted octanol–water partition coefficient (Wildman–Crippen LogP) is 3.83. The van der Waals surface area contributed by atoms with Gasteiger partial charge in [0.1, 0.15) is 6.04 Å². The summed E-state index contributed by atoms with van der Waals surface area (Å²) < 4.78 is 0. The number of hydrogen-bond acceptors (Lipinski definition) is 3. The van der Waals surface area contributed by atoms with Gasteiger partial charge in [0.25, 0.3) is 5.91 Å². The molecule has 168 valence electrons. The van der Waals surface area contributed by atoms with Crippen LogP contribution in [-0.4, -0.2) is 41.1 Å². The summed E-state index contributed by atoms with van der Waals surface area (Å²) in [7, 11) is 0. The van der Waals surface area contributed by atoms with Gasteiger partial charge in [-0.05, 0) is 61.0 Å². The minimum Gasteiger partial charge on any atom is -0.480 e. The average Bonchev–Trinajstić information content (AvgIpc) is 2.90. The molecule has 0 saturated heterocycles. The minimum absolute atomic E-state index is 0.000314. The third-order valence-corrected chi connectivity index (χ3v) is 8.34. The van der Waals surface area contributed by atoms with E-state index >= 15 is 0 Å². The summed E-state index contributed by atoms with van der Waals surface area (Å²) >= 11 is 12.0. The molecule has 0 heterocycles. The van der Waals surface area contributed by atoms with Crippen molar-refractivity contribution in [1.29, 1.82) is 0 Å². The Hall–Kier alpha value is -1.99. The molecule has 4 saturated carbocycles. The molecule has 4 bridgehead atoms. The van der Waals surface area contributed by atoms with Gasteiger partial charge in [0, 0.05) is 5.54 Å². The highest BCUT2D eigenvalue weighted by Crippen LogP contribution is 2.72. The number of carboxylic acid groups (broad SMARTS) is 1. The molecule has 1 aromatic carbocycles. The van der Waals surface area contributed by atoms with Gasteiger partial charge >= 0.3 is 12.0 Å². The van der Waals surface area contributed by atoms with E-state index in [0.717, 1.165) is 19.3 Å². The van der Waals surface area contributed by atoms with Crippen LogP contribution >= 0.6 is 23.2 Å². The number of hydrogen-bond donors (Lipinski definition) is 4. The lowest BCUT2D eigenvalue weighted by atomic mass is 9.71. The van der Waals surface area contributed by atoms with Crippen LogP contribution in [0.4, 0.5) is 4.79 Å². The first-order chi connectivity index (χ1) is 14.5. The van der Waals surface area contributed by atoms with E-state index in [2.05, 4.69) is 29.8 Å². The lowest BCUT2D eigenvalue weighted by Crippen LogP contribution is -2.56. The molecule has 4 aliphatic carbocycles. The number of carbonyl (C=O) groups excluding carboxylic acids is 2. The molecule has 0 radical (unpaired) electrons. The summed E-state index contributed by atoms with van der Waals surface area (Å²) in [6.45, 7) is 4.38. The van der Waals surface area contributed by atoms with Crippen molar-refractivity contribution in [2.45, 2.75) is 57.5 Å². The van der Waals surface area contributed by atoms with Gasteiger partial charge in [0.15, 0.2) is 0 Å². The summed E-state index contributed by atoms with van der Waals surface area (Å²) in [5, 5.41) is 17.9. The Balaban J connectivity index is 1.37. The van der Waals surface area contributed by atoms with Crippen molar-refractivity contribution in [3.05, 3.63) is 33.8 Å². The predicted molar refractivity (Wildman–Crippen MR) is 117 cm³/mol. The quantitative estimate of drug-likeness (QED) is 0.509. The molecule has 9 heteroatoms. The van der Waals surface area contributed by atoms with Crippen molar-refractivity contribution >= 4 is 41.1 Å². The topological polar surface area (TPSA) is 108 Å². The molecule has 2 unspecified atom stereocenters. The molecule has 5 rings (SSSR count). The van der Waals surface area contributed by atoms with Crippen molar-refractivity contribution in [3.8, 4) is 0 Å². The van der Waals surface area contributed by atoms with E-state index < -0.39 is 23.9 Å². The standard InChI is InChI=1S/C22H27Cl2N3O4/c1-20-6-12-7-21(20,2)11-22(8-12,10-20)27-19(31)25-9-15(18(29)30)26-17(28)16-13(23)4-3-5-14(16)24/h3-5,12,15H,6-11H2,1-2H3,(H,26,28)(H,29,30)(H2,25,27,31)/t12?,15-,20?,21?,22?/m0/s1. The maximum Gasteiger partial charge on any atom is 0.328 e. The normalized spacial score (nSPS) is 33.7. The number of amides is 3. The molecule has 4 fully saturated rings. The molecular formula is C22H27Cl2N3O4. The van der Waals surface area contributed by atoms with Crippen LogP contribution in [0.15, 0.2) is 18.2 Å². The zero-order valence-corrected chi connectivity index (χ0v) is 19.1. The van der Waals surface area contributed by atoms with Gasteiger partial charge < -0.3 is 21.1 Å². The molecule has 4 N–H and O–H groups in total. The number of rotatable bonds is 6. The molecule has 0 aliphatic heterocycles. The second kappa shape index (κ2) is 7.55. The third-order valence-electron chi connectivity index (χ3n) is 7.71. The number of carbonyl (C=O) groups is 3. The zero-order chi connectivity index (χ0) is 22.6. The average molecular weight is 468 g/mol. The van der Waals surface area contributed by atoms with E-state index in [9.17, 15) is 19.5 Å². The Bertz CT molecular complexity index is 914. The molecule has 3 atom stereocenters. The van der Waals surface area contributed by atoms with E-state index in [1.165, 1.54) is 25.0 Å². The minimum atomic E-state index is -1.32. The molecule has 3 amide bonds. The number of halogens is 2. The van der Waals surface area contributed by atoms with E-state index in [0.29, 0.717) is 5.92 Å². The Morgan fingerprint density at radius 1 is 1.10 bits per heavy atom. The summed E-state index contributed by atoms with van der Waals surface area (Å²) in [6, 6.07) is 2.84. The molecule has 4 aliphatic rings. The van der Waals surface area contributed by atoms with Crippen molar-refractivity contribution in [1.82, 2.24) is 16.0 Å². The molecule has 7 nitrogen and oxygen atoms in total. The first-order valence-electron chi connectivity index (χ1n) is 10.5. The lowest BCUT2D eigenvalue weighted by molar-refractivity contribution is -0.139. The highest BCUT2D eigenvalue weighted by atomic mass is 35.5. The van der Waals surface area contributed by atoms with Crippen molar-refractivity contribution in [2.24, 2.45) is 16.7 Å². The van der Waals surface area contributed by atoms with Gasteiger partial charge in [0.05, 0.1) is 22.2 Å².